The Balaban J connectivity index is 0.00000242. The molecule has 0 unspecified atom stereocenters. The average molecular weight is 422 g/mol. The molecule has 1 amide bonds. The van der Waals surface area contributed by atoms with Gasteiger partial charge in [-0.15, -0.1) is 24.0 Å². The maximum absolute atomic E-state index is 11.8. The second kappa shape index (κ2) is 9.67. The number of carbonyl (C=O) groups excluding carboxylic acids is 1. The molecule has 1 fully saturated rings. The molecule has 0 bridgehead atoms. The lowest BCUT2D eigenvalue weighted by Crippen LogP contribution is -2.41. The third-order valence-electron chi connectivity index (χ3n) is 3.21. The molecule has 1 aromatic rings. The van der Waals surface area contributed by atoms with Gasteiger partial charge in [-0.2, -0.15) is 0 Å². The van der Waals surface area contributed by atoms with Crippen LogP contribution in [0.2, 0.25) is 0 Å². The number of furan rings is 1. The van der Waals surface area contributed by atoms with Crippen LogP contribution in [0.25, 0.3) is 0 Å². The third-order valence-corrected chi connectivity index (χ3v) is 3.21. The van der Waals surface area contributed by atoms with Crippen molar-refractivity contribution >= 4 is 35.8 Å². The largest absolute Gasteiger partial charge is 0.467 e. The van der Waals surface area contributed by atoms with Crippen LogP contribution in [0.15, 0.2) is 27.8 Å². The molecule has 0 radical (unpaired) electrons. The number of hydrogen-bond acceptors (Lipinski definition) is 4. The fourth-order valence-electron chi connectivity index (χ4n) is 2.16. The minimum absolute atomic E-state index is 0. The number of aliphatic hydroxyl groups is 1. The van der Waals surface area contributed by atoms with E-state index in [9.17, 15) is 9.90 Å². The topological polar surface area (TPSA) is 90.1 Å². The number of nitrogens with zero attached hydrogens (tertiary/aromatic N) is 2. The van der Waals surface area contributed by atoms with Gasteiger partial charge in [0.25, 0.3) is 0 Å². The fraction of sp³-hybridized carbons (Fsp3) is 0.571. The molecule has 0 spiro atoms. The molecule has 1 aromatic heterocycles. The number of rotatable bonds is 5. The first-order chi connectivity index (χ1) is 10.2. The Bertz CT molecular complexity index is 478. The molecular weight excluding hydrogens is 399 g/mol. The molecule has 22 heavy (non-hydrogen) atoms. The van der Waals surface area contributed by atoms with E-state index in [-0.39, 0.29) is 42.5 Å². The Morgan fingerprint density at radius 3 is 2.95 bits per heavy atom. The number of halogens is 1. The summed E-state index contributed by atoms with van der Waals surface area (Å²) in [4.78, 5) is 18.0. The Kier molecular flexibility index (Phi) is 8.25. The Morgan fingerprint density at radius 1 is 1.55 bits per heavy atom. The van der Waals surface area contributed by atoms with Crippen molar-refractivity contribution in [1.29, 1.82) is 0 Å². The van der Waals surface area contributed by atoms with Gasteiger partial charge in [0.2, 0.25) is 5.91 Å². The van der Waals surface area contributed by atoms with Crippen LogP contribution in [0, 0.1) is 0 Å². The lowest BCUT2D eigenvalue weighted by molar-refractivity contribution is -0.119. The Labute approximate surface area is 147 Å². The Hall–Kier alpha value is -1.29. The van der Waals surface area contributed by atoms with E-state index < -0.39 is 0 Å². The third kappa shape index (κ3) is 5.84. The number of carbonyl (C=O) groups is 1. The van der Waals surface area contributed by atoms with Crippen molar-refractivity contribution in [3.05, 3.63) is 24.2 Å². The number of aliphatic hydroxyl groups excluding tert-OH is 1. The lowest BCUT2D eigenvalue weighted by Gasteiger charge is -2.20. The van der Waals surface area contributed by atoms with Gasteiger partial charge in [0.1, 0.15) is 12.3 Å². The molecule has 7 nitrogen and oxygen atoms in total. The molecule has 2 rings (SSSR count). The molecular formula is C14H23IN4O3. The predicted molar refractivity (Wildman–Crippen MR) is 94.1 cm³/mol. The van der Waals surface area contributed by atoms with E-state index in [1.165, 1.54) is 0 Å². The maximum Gasteiger partial charge on any atom is 0.242 e. The van der Waals surface area contributed by atoms with E-state index in [1.807, 2.05) is 11.8 Å². The fourth-order valence-corrected chi connectivity index (χ4v) is 2.16. The van der Waals surface area contributed by atoms with Crippen molar-refractivity contribution in [1.82, 2.24) is 15.5 Å². The molecule has 124 valence electrons. The summed E-state index contributed by atoms with van der Waals surface area (Å²) in [7, 11) is 0. The number of likely N-dealkylation sites (tertiary alicyclic amines) is 1. The molecule has 1 saturated heterocycles. The van der Waals surface area contributed by atoms with Crippen LogP contribution >= 0.6 is 24.0 Å². The summed E-state index contributed by atoms with van der Waals surface area (Å²) in [5.74, 6) is 1.21. The molecule has 2 heterocycles. The average Bonchev–Trinajstić information content (AvgIpc) is 3.12. The van der Waals surface area contributed by atoms with E-state index in [0.717, 1.165) is 19.5 Å². The van der Waals surface area contributed by atoms with Gasteiger partial charge in [-0.25, -0.2) is 4.99 Å². The number of hydrogen-bond donors (Lipinski definition) is 3. The molecule has 1 aliphatic rings. The van der Waals surface area contributed by atoms with Crippen LogP contribution in [0.3, 0.4) is 0 Å². The summed E-state index contributed by atoms with van der Waals surface area (Å²) >= 11 is 0. The maximum atomic E-state index is 11.8. The van der Waals surface area contributed by atoms with Crippen LogP contribution in [-0.2, 0) is 11.3 Å². The van der Waals surface area contributed by atoms with Crippen LogP contribution < -0.4 is 10.6 Å². The smallest absolute Gasteiger partial charge is 0.242 e. The van der Waals surface area contributed by atoms with E-state index in [0.29, 0.717) is 24.8 Å². The quantitative estimate of drug-likeness (QED) is 0.366. The summed E-state index contributed by atoms with van der Waals surface area (Å²) in [5.41, 5.74) is 0. The predicted octanol–water partition coefficient (Wildman–Crippen LogP) is 0.546. The van der Waals surface area contributed by atoms with Crippen LogP contribution in [0.5, 0.6) is 0 Å². The van der Waals surface area contributed by atoms with E-state index in [4.69, 9.17) is 4.42 Å². The van der Waals surface area contributed by atoms with Crippen molar-refractivity contribution in [2.24, 2.45) is 4.99 Å². The van der Waals surface area contributed by atoms with E-state index in [1.54, 1.807) is 18.4 Å². The second-order valence-electron chi connectivity index (χ2n) is 4.91. The summed E-state index contributed by atoms with van der Waals surface area (Å²) in [5, 5.41) is 15.5. The summed E-state index contributed by atoms with van der Waals surface area (Å²) < 4.78 is 5.14. The first kappa shape index (κ1) is 18.8. The number of amides is 1. The van der Waals surface area contributed by atoms with Crippen molar-refractivity contribution in [2.45, 2.75) is 26.0 Å². The van der Waals surface area contributed by atoms with Crippen molar-refractivity contribution in [3.8, 4) is 0 Å². The van der Waals surface area contributed by atoms with Gasteiger partial charge >= 0.3 is 0 Å². The van der Waals surface area contributed by atoms with Gasteiger partial charge in [-0.05, 0) is 25.5 Å². The highest BCUT2D eigenvalue weighted by atomic mass is 127. The molecule has 8 heteroatoms. The number of guanidine groups is 1. The van der Waals surface area contributed by atoms with Gasteiger partial charge < -0.3 is 25.1 Å². The van der Waals surface area contributed by atoms with E-state index >= 15 is 0 Å². The minimum Gasteiger partial charge on any atom is -0.467 e. The highest BCUT2D eigenvalue weighted by Gasteiger charge is 2.22. The first-order valence-electron chi connectivity index (χ1n) is 7.19. The Morgan fingerprint density at radius 2 is 2.36 bits per heavy atom. The number of nitrogens with one attached hydrogen (secondary N) is 2. The van der Waals surface area contributed by atoms with E-state index in [2.05, 4.69) is 15.6 Å². The van der Waals surface area contributed by atoms with Crippen LogP contribution in [0.1, 0.15) is 19.1 Å². The van der Waals surface area contributed by atoms with Crippen LogP contribution in [-0.4, -0.2) is 54.2 Å². The van der Waals surface area contributed by atoms with Gasteiger partial charge in [0, 0.05) is 19.6 Å². The van der Waals surface area contributed by atoms with Gasteiger partial charge in [-0.1, -0.05) is 0 Å². The molecule has 1 aliphatic heterocycles. The zero-order valence-corrected chi connectivity index (χ0v) is 14.9. The monoisotopic (exact) mass is 422 g/mol. The lowest BCUT2D eigenvalue weighted by atomic mass is 10.3. The summed E-state index contributed by atoms with van der Waals surface area (Å²) in [6.45, 7) is 4.41. The zero-order valence-electron chi connectivity index (χ0n) is 12.6. The standard InChI is InChI=1S/C14H22N4O3.HI/c1-2-15-14(18-6-5-11(19)10-18)17-9-13(20)16-8-12-4-3-7-21-12;/h3-4,7,11,19H,2,5-6,8-10H2,1H3,(H,15,17)(H,16,20);1H/t11-;/m1./s1. The molecule has 1 atom stereocenters. The highest BCUT2D eigenvalue weighted by molar-refractivity contribution is 14.0. The zero-order chi connectivity index (χ0) is 15.1. The summed E-state index contributed by atoms with van der Waals surface area (Å²) in [6.07, 6.45) is 1.98. The number of aliphatic imine (C=N–C) groups is 1. The SMILES string of the molecule is CCNC(=NCC(=O)NCc1ccco1)N1CC[C@@H](O)C1.I. The molecule has 3 N–H and O–H groups in total. The highest BCUT2D eigenvalue weighted by Crippen LogP contribution is 2.08. The first-order valence-corrected chi connectivity index (χ1v) is 7.19. The van der Waals surface area contributed by atoms with Crippen molar-refractivity contribution in [3.63, 3.8) is 0 Å². The molecule has 0 saturated carbocycles. The van der Waals surface area contributed by atoms with Crippen molar-refractivity contribution < 1.29 is 14.3 Å². The summed E-state index contributed by atoms with van der Waals surface area (Å²) in [6, 6.07) is 3.58. The second-order valence-corrected chi connectivity index (χ2v) is 4.91. The molecule has 0 aromatic carbocycles. The van der Waals surface area contributed by atoms with Crippen molar-refractivity contribution in [2.75, 3.05) is 26.2 Å². The molecule has 0 aliphatic carbocycles. The van der Waals surface area contributed by atoms with Gasteiger partial charge in [0.05, 0.1) is 18.9 Å². The van der Waals surface area contributed by atoms with Gasteiger partial charge in [-0.3, -0.25) is 4.79 Å². The van der Waals surface area contributed by atoms with Gasteiger partial charge in [0.15, 0.2) is 5.96 Å². The minimum atomic E-state index is -0.318. The number of β-amino-alcohol motifs (C(OH)–C–C–N with tert-alkyl or cyclic N) is 1. The van der Waals surface area contributed by atoms with Crippen LogP contribution in [0.4, 0.5) is 0 Å². The normalized spacial score (nSPS) is 18.0.